The Bertz CT molecular complexity index is 892. The van der Waals surface area contributed by atoms with Gasteiger partial charge in [0.1, 0.15) is 0 Å². The van der Waals surface area contributed by atoms with Crippen molar-refractivity contribution in [1.29, 1.82) is 0 Å². The lowest BCUT2D eigenvalue weighted by Gasteiger charge is -2.17. The average Bonchev–Trinajstić information content (AvgIpc) is 2.66. The molecule has 1 N–H and O–H groups in total. The Kier molecular flexibility index (Phi) is 6.55. The summed E-state index contributed by atoms with van der Waals surface area (Å²) in [4.78, 5) is 24.7. The summed E-state index contributed by atoms with van der Waals surface area (Å²) in [5.74, 6) is -1.14. The molecule has 2 aromatic rings. The van der Waals surface area contributed by atoms with Gasteiger partial charge in [-0.25, -0.2) is 13.2 Å². The number of ether oxygens (including phenoxy) is 1. The fraction of sp³-hybridized carbons (Fsp3) is 0.222. The van der Waals surface area contributed by atoms with E-state index in [2.05, 4.69) is 21.2 Å². The fourth-order valence-corrected chi connectivity index (χ4v) is 3.39. The molecule has 0 aromatic heterocycles. The van der Waals surface area contributed by atoms with Crippen LogP contribution in [-0.4, -0.2) is 33.2 Å². The first-order chi connectivity index (χ1) is 12.3. The zero-order valence-electron chi connectivity index (χ0n) is 14.2. The van der Waals surface area contributed by atoms with Gasteiger partial charge in [-0.1, -0.05) is 35.0 Å². The summed E-state index contributed by atoms with van der Waals surface area (Å²) in [6.07, 6.45) is 0. The molecule has 0 radical (unpaired) electrons. The van der Waals surface area contributed by atoms with Crippen LogP contribution in [0.4, 0.5) is 0 Å². The van der Waals surface area contributed by atoms with E-state index in [1.165, 1.54) is 31.4 Å². The number of methoxy groups -OCH3 is 1. The van der Waals surface area contributed by atoms with Crippen molar-refractivity contribution in [2.24, 2.45) is 0 Å². The van der Waals surface area contributed by atoms with E-state index in [1.54, 1.807) is 31.2 Å². The van der Waals surface area contributed by atoms with Crippen molar-refractivity contribution in [3.63, 3.8) is 0 Å². The van der Waals surface area contributed by atoms with Gasteiger partial charge in [0.15, 0.2) is 15.9 Å². The van der Waals surface area contributed by atoms with Crippen LogP contribution in [0.15, 0.2) is 57.9 Å². The summed E-state index contributed by atoms with van der Waals surface area (Å²) in [7, 11) is -2.10. The van der Waals surface area contributed by atoms with Crippen molar-refractivity contribution in [3.8, 4) is 0 Å². The number of nitrogens with one attached hydrogen (secondary N) is 1. The number of carbonyl (C=O) groups excluding carboxylic acids is 2. The third-order valence-electron chi connectivity index (χ3n) is 3.77. The normalized spacial score (nSPS) is 12.3. The summed E-state index contributed by atoms with van der Waals surface area (Å²) in [5.41, 5.74) is 0.810. The first-order valence-electron chi connectivity index (χ1n) is 7.75. The van der Waals surface area contributed by atoms with E-state index in [4.69, 9.17) is 4.74 Å². The highest BCUT2D eigenvalue weighted by Crippen LogP contribution is 2.19. The highest BCUT2D eigenvalue weighted by atomic mass is 79.9. The number of benzene rings is 2. The molecule has 1 unspecified atom stereocenters. The van der Waals surface area contributed by atoms with Crippen molar-refractivity contribution in [1.82, 2.24) is 5.32 Å². The Labute approximate surface area is 160 Å². The molecule has 26 heavy (non-hydrogen) atoms. The van der Waals surface area contributed by atoms with Crippen molar-refractivity contribution in [3.05, 3.63) is 64.1 Å². The van der Waals surface area contributed by atoms with Gasteiger partial charge in [-0.05, 0) is 42.0 Å². The molecular formula is C18H18BrNO5S. The molecule has 6 nitrogen and oxygen atoms in total. The number of esters is 1. The van der Waals surface area contributed by atoms with Crippen LogP contribution in [-0.2, 0) is 19.4 Å². The van der Waals surface area contributed by atoms with Crippen LogP contribution in [0.5, 0.6) is 0 Å². The monoisotopic (exact) mass is 439 g/mol. The molecule has 1 amide bonds. The second-order valence-electron chi connectivity index (χ2n) is 5.41. The van der Waals surface area contributed by atoms with Crippen LogP contribution >= 0.6 is 15.9 Å². The van der Waals surface area contributed by atoms with E-state index in [0.717, 1.165) is 4.47 Å². The van der Waals surface area contributed by atoms with Gasteiger partial charge in [-0.3, -0.25) is 4.79 Å². The minimum absolute atomic E-state index is 0.0213. The van der Waals surface area contributed by atoms with Gasteiger partial charge in [0.2, 0.25) is 0 Å². The summed E-state index contributed by atoms with van der Waals surface area (Å²) >= 11 is 3.31. The maximum atomic E-state index is 12.5. The molecule has 0 fully saturated rings. The Morgan fingerprint density at radius 3 is 2.15 bits per heavy atom. The molecule has 0 aliphatic rings. The minimum atomic E-state index is -3.34. The van der Waals surface area contributed by atoms with Crippen molar-refractivity contribution in [2.75, 3.05) is 12.9 Å². The van der Waals surface area contributed by atoms with Gasteiger partial charge < -0.3 is 10.1 Å². The molecule has 0 heterocycles. The lowest BCUT2D eigenvalue weighted by atomic mass is 10.1. The zero-order chi connectivity index (χ0) is 19.3. The highest BCUT2D eigenvalue weighted by molar-refractivity contribution is 9.10. The zero-order valence-corrected chi connectivity index (χ0v) is 16.6. The third-order valence-corrected chi connectivity index (χ3v) is 6.05. The largest absolute Gasteiger partial charge is 0.467 e. The predicted octanol–water partition coefficient (Wildman–Crippen LogP) is 2.89. The number of hydrogen-bond acceptors (Lipinski definition) is 5. The lowest BCUT2D eigenvalue weighted by molar-refractivity contribution is -0.143. The summed E-state index contributed by atoms with van der Waals surface area (Å²) < 4.78 is 29.3. The summed E-state index contributed by atoms with van der Waals surface area (Å²) in [6.45, 7) is 1.55. The van der Waals surface area contributed by atoms with Crippen LogP contribution in [0.25, 0.3) is 0 Å². The Hall–Kier alpha value is -2.19. The predicted molar refractivity (Wildman–Crippen MR) is 101 cm³/mol. The molecule has 0 spiro atoms. The van der Waals surface area contributed by atoms with Gasteiger partial charge >= 0.3 is 5.97 Å². The van der Waals surface area contributed by atoms with E-state index < -0.39 is 27.8 Å². The number of hydrogen-bond donors (Lipinski definition) is 1. The van der Waals surface area contributed by atoms with E-state index in [1.807, 2.05) is 0 Å². The lowest BCUT2D eigenvalue weighted by Crippen LogP contribution is -2.34. The second-order valence-corrected chi connectivity index (χ2v) is 8.60. The quantitative estimate of drug-likeness (QED) is 0.698. The maximum Gasteiger partial charge on any atom is 0.333 e. The van der Waals surface area contributed by atoms with Gasteiger partial charge in [0, 0.05) is 10.0 Å². The van der Waals surface area contributed by atoms with Crippen molar-refractivity contribution < 1.29 is 22.7 Å². The van der Waals surface area contributed by atoms with E-state index in [-0.39, 0.29) is 16.2 Å². The van der Waals surface area contributed by atoms with E-state index >= 15 is 0 Å². The fourth-order valence-electron chi connectivity index (χ4n) is 2.25. The highest BCUT2D eigenvalue weighted by Gasteiger charge is 2.24. The van der Waals surface area contributed by atoms with Gasteiger partial charge in [0.05, 0.1) is 17.8 Å². The molecule has 8 heteroatoms. The first-order valence-corrected chi connectivity index (χ1v) is 10.2. The molecule has 1 atom stereocenters. The molecule has 0 bridgehead atoms. The Morgan fingerprint density at radius 1 is 1.08 bits per heavy atom. The average molecular weight is 440 g/mol. The Balaban J connectivity index is 2.24. The van der Waals surface area contributed by atoms with Crippen LogP contribution in [0, 0.1) is 0 Å². The van der Waals surface area contributed by atoms with Crippen LogP contribution in [0.1, 0.15) is 28.9 Å². The SMILES string of the molecule is CCS(=O)(=O)c1ccc(C(=O)NC(C(=O)OC)c2ccc(Br)cc2)cc1. The van der Waals surface area contributed by atoms with E-state index in [9.17, 15) is 18.0 Å². The minimum Gasteiger partial charge on any atom is -0.467 e. The van der Waals surface area contributed by atoms with Crippen molar-refractivity contribution in [2.45, 2.75) is 17.9 Å². The van der Waals surface area contributed by atoms with Gasteiger partial charge in [-0.2, -0.15) is 0 Å². The van der Waals surface area contributed by atoms with Crippen molar-refractivity contribution >= 4 is 37.6 Å². The number of carbonyl (C=O) groups is 2. The molecule has 2 rings (SSSR count). The van der Waals surface area contributed by atoms with E-state index in [0.29, 0.717) is 5.56 Å². The van der Waals surface area contributed by atoms with Crippen LogP contribution in [0.3, 0.4) is 0 Å². The Morgan fingerprint density at radius 2 is 1.65 bits per heavy atom. The molecule has 0 saturated heterocycles. The molecule has 0 aliphatic heterocycles. The molecule has 138 valence electrons. The van der Waals surface area contributed by atoms with Gasteiger partial charge in [-0.15, -0.1) is 0 Å². The maximum absolute atomic E-state index is 12.5. The first kappa shape index (κ1) is 20.1. The smallest absolute Gasteiger partial charge is 0.333 e. The van der Waals surface area contributed by atoms with Crippen LogP contribution < -0.4 is 5.32 Å². The molecule has 0 saturated carbocycles. The third kappa shape index (κ3) is 4.70. The van der Waals surface area contributed by atoms with Gasteiger partial charge in [0.25, 0.3) is 5.91 Å². The standard InChI is InChI=1S/C18H18BrNO5S/c1-3-26(23,24)15-10-6-13(7-11-15)17(21)20-16(18(22)25-2)12-4-8-14(19)9-5-12/h4-11,16H,3H2,1-2H3,(H,20,21). The summed E-state index contributed by atoms with van der Waals surface area (Å²) in [6, 6.07) is 11.5. The molecular weight excluding hydrogens is 422 g/mol. The second kappa shape index (κ2) is 8.46. The topological polar surface area (TPSA) is 89.5 Å². The number of halogens is 1. The van der Waals surface area contributed by atoms with Crippen LogP contribution in [0.2, 0.25) is 0 Å². The molecule has 0 aliphatic carbocycles. The number of sulfone groups is 1. The number of rotatable bonds is 6. The molecule has 2 aromatic carbocycles. The summed E-state index contributed by atoms with van der Waals surface area (Å²) in [5, 5.41) is 2.61. The number of amides is 1.